The van der Waals surface area contributed by atoms with Crippen molar-refractivity contribution in [3.63, 3.8) is 0 Å². The smallest absolute Gasteiger partial charge is 0.507 e. The van der Waals surface area contributed by atoms with Crippen LogP contribution in [0, 0.1) is 0 Å². The van der Waals surface area contributed by atoms with E-state index in [0.717, 1.165) is 53.1 Å². The van der Waals surface area contributed by atoms with Crippen LogP contribution in [-0.4, -0.2) is 17.4 Å². The summed E-state index contributed by atoms with van der Waals surface area (Å²) in [5.41, 5.74) is 3.10. The van der Waals surface area contributed by atoms with Crippen LogP contribution in [0.1, 0.15) is 68.6 Å². The van der Waals surface area contributed by atoms with Crippen LogP contribution in [0.3, 0.4) is 0 Å². The lowest BCUT2D eigenvalue weighted by Gasteiger charge is -2.23. The number of carbonyl (C=O) groups is 1. The molecule has 2 bridgehead atoms. The molecule has 132 valence electrons. The van der Waals surface area contributed by atoms with E-state index in [0.29, 0.717) is 23.3 Å². The van der Waals surface area contributed by atoms with Gasteiger partial charge in [0.1, 0.15) is 11.5 Å². The fraction of sp³-hybridized carbons (Fsp3) is 0.476. The molecular weight excluding hydrogens is 316 g/mol. The Morgan fingerprint density at radius 2 is 1.96 bits per heavy atom. The van der Waals surface area contributed by atoms with Crippen LogP contribution < -0.4 is 4.74 Å². The van der Waals surface area contributed by atoms with Gasteiger partial charge in [0.15, 0.2) is 0 Å². The number of fused-ring (bicyclic) bond motifs is 6. The number of hydrogen-bond acceptors (Lipinski definition) is 4. The number of aryl methyl sites for hydroxylation is 1. The molecule has 1 fully saturated rings. The largest absolute Gasteiger partial charge is 0.514 e. The number of carbonyl (C=O) groups excluding carboxylic acids is 1. The normalized spacial score (nSPS) is 21.0. The van der Waals surface area contributed by atoms with Crippen molar-refractivity contribution in [1.82, 2.24) is 0 Å². The highest BCUT2D eigenvalue weighted by Crippen LogP contribution is 2.61. The number of ether oxygens (including phenoxy) is 2. The summed E-state index contributed by atoms with van der Waals surface area (Å²) in [6, 6.07) is 5.90. The first-order chi connectivity index (χ1) is 12.0. The van der Waals surface area contributed by atoms with E-state index in [2.05, 4.69) is 6.92 Å². The minimum Gasteiger partial charge on any atom is -0.507 e. The second-order valence-corrected chi connectivity index (χ2v) is 7.42. The Kier molecular flexibility index (Phi) is 3.86. The second-order valence-electron chi connectivity index (χ2n) is 7.42. The highest BCUT2D eigenvalue weighted by molar-refractivity contribution is 6.00. The average Bonchev–Trinajstić information content (AvgIpc) is 3.18. The topological polar surface area (TPSA) is 55.8 Å². The van der Waals surface area contributed by atoms with Crippen LogP contribution in [0.4, 0.5) is 4.79 Å². The average molecular weight is 340 g/mol. The van der Waals surface area contributed by atoms with Crippen molar-refractivity contribution in [1.29, 1.82) is 0 Å². The summed E-state index contributed by atoms with van der Waals surface area (Å²) in [4.78, 5) is 12.3. The molecule has 0 saturated heterocycles. The van der Waals surface area contributed by atoms with Crippen molar-refractivity contribution in [2.45, 2.75) is 64.4 Å². The van der Waals surface area contributed by atoms with Gasteiger partial charge in [-0.2, -0.15) is 0 Å². The zero-order valence-electron chi connectivity index (χ0n) is 15.0. The van der Waals surface area contributed by atoms with Crippen LogP contribution in [0.2, 0.25) is 0 Å². The Labute approximate surface area is 147 Å². The molecular formula is C21H24O4. The van der Waals surface area contributed by atoms with E-state index in [1.165, 1.54) is 0 Å². The number of benzene rings is 2. The maximum absolute atomic E-state index is 12.3. The van der Waals surface area contributed by atoms with Gasteiger partial charge in [-0.25, -0.2) is 4.79 Å². The Bertz CT molecular complexity index is 853. The molecule has 2 aliphatic rings. The molecule has 0 amide bonds. The molecule has 25 heavy (non-hydrogen) atoms. The number of hydrogen-bond donors (Lipinski definition) is 1. The summed E-state index contributed by atoms with van der Waals surface area (Å²) in [7, 11) is 0. The molecule has 1 saturated carbocycles. The number of phenols is 1. The zero-order chi connectivity index (χ0) is 17.7. The van der Waals surface area contributed by atoms with E-state index >= 15 is 0 Å². The third-order valence-electron chi connectivity index (χ3n) is 5.57. The summed E-state index contributed by atoms with van der Waals surface area (Å²) in [6.07, 6.45) is 3.13. The van der Waals surface area contributed by atoms with Gasteiger partial charge >= 0.3 is 6.16 Å². The molecule has 0 heterocycles. The first kappa shape index (κ1) is 16.2. The third kappa shape index (κ3) is 2.46. The SMILES string of the molecule is CCc1cccc2c(O)c3c(c(OC(=O)OC(C)C)c12)C1CCC3C1. The van der Waals surface area contributed by atoms with Gasteiger partial charge in [0, 0.05) is 21.9 Å². The highest BCUT2D eigenvalue weighted by atomic mass is 16.7. The summed E-state index contributed by atoms with van der Waals surface area (Å²) in [6.45, 7) is 5.68. The second kappa shape index (κ2) is 5.94. The van der Waals surface area contributed by atoms with E-state index in [1.54, 1.807) is 13.8 Å². The first-order valence-corrected chi connectivity index (χ1v) is 9.20. The van der Waals surface area contributed by atoms with Crippen molar-refractivity contribution in [2.75, 3.05) is 0 Å². The first-order valence-electron chi connectivity index (χ1n) is 9.20. The lowest BCUT2D eigenvalue weighted by atomic mass is 9.86. The van der Waals surface area contributed by atoms with Crippen LogP contribution in [0.5, 0.6) is 11.5 Å². The Hall–Kier alpha value is -2.23. The van der Waals surface area contributed by atoms with Crippen molar-refractivity contribution >= 4 is 16.9 Å². The molecule has 4 heteroatoms. The summed E-state index contributed by atoms with van der Waals surface area (Å²) < 4.78 is 11.0. The lowest BCUT2D eigenvalue weighted by Crippen LogP contribution is -2.17. The Balaban J connectivity index is 1.97. The number of aromatic hydroxyl groups is 1. The van der Waals surface area contributed by atoms with E-state index in [9.17, 15) is 9.90 Å². The molecule has 4 rings (SSSR count). The maximum Gasteiger partial charge on any atom is 0.514 e. The predicted octanol–water partition coefficient (Wildman–Crippen LogP) is 5.40. The number of rotatable bonds is 3. The van der Waals surface area contributed by atoms with E-state index in [1.807, 2.05) is 18.2 Å². The molecule has 4 nitrogen and oxygen atoms in total. The zero-order valence-corrected chi connectivity index (χ0v) is 15.0. The van der Waals surface area contributed by atoms with Gasteiger partial charge in [0.25, 0.3) is 0 Å². The molecule has 0 radical (unpaired) electrons. The van der Waals surface area contributed by atoms with Crippen molar-refractivity contribution in [2.24, 2.45) is 0 Å². The molecule has 0 aromatic heterocycles. The van der Waals surface area contributed by atoms with Crippen molar-refractivity contribution in [3.05, 3.63) is 34.9 Å². The third-order valence-corrected chi connectivity index (χ3v) is 5.57. The molecule has 2 aliphatic carbocycles. The maximum atomic E-state index is 12.3. The quantitative estimate of drug-likeness (QED) is 0.601. The summed E-state index contributed by atoms with van der Waals surface area (Å²) >= 11 is 0. The molecule has 2 aromatic carbocycles. The molecule has 2 aromatic rings. The monoisotopic (exact) mass is 340 g/mol. The van der Waals surface area contributed by atoms with Crippen molar-refractivity contribution < 1.29 is 19.4 Å². The molecule has 0 aliphatic heterocycles. The van der Waals surface area contributed by atoms with E-state index in [4.69, 9.17) is 9.47 Å². The fourth-order valence-corrected chi connectivity index (χ4v) is 4.62. The van der Waals surface area contributed by atoms with Gasteiger partial charge in [-0.3, -0.25) is 0 Å². The Morgan fingerprint density at radius 1 is 1.24 bits per heavy atom. The van der Waals surface area contributed by atoms with Gasteiger partial charge in [-0.1, -0.05) is 25.1 Å². The van der Waals surface area contributed by atoms with Crippen LogP contribution in [-0.2, 0) is 11.2 Å². The van der Waals surface area contributed by atoms with Gasteiger partial charge in [-0.15, -0.1) is 0 Å². The van der Waals surface area contributed by atoms with Crippen LogP contribution in [0.25, 0.3) is 10.8 Å². The van der Waals surface area contributed by atoms with Crippen LogP contribution in [0.15, 0.2) is 18.2 Å². The molecule has 2 atom stereocenters. The van der Waals surface area contributed by atoms with Crippen molar-refractivity contribution in [3.8, 4) is 11.5 Å². The van der Waals surface area contributed by atoms with Gasteiger partial charge < -0.3 is 14.6 Å². The fourth-order valence-electron chi connectivity index (χ4n) is 4.62. The predicted molar refractivity (Wildman–Crippen MR) is 96.6 cm³/mol. The highest BCUT2D eigenvalue weighted by Gasteiger charge is 2.43. The van der Waals surface area contributed by atoms with Crippen LogP contribution >= 0.6 is 0 Å². The number of phenolic OH excluding ortho intramolecular Hbond substituents is 1. The molecule has 2 unspecified atom stereocenters. The minimum absolute atomic E-state index is 0.231. The summed E-state index contributed by atoms with van der Waals surface area (Å²) in [5, 5.41) is 12.6. The minimum atomic E-state index is -0.669. The van der Waals surface area contributed by atoms with E-state index < -0.39 is 6.16 Å². The standard InChI is InChI=1S/C21H24O4/c1-4-12-6-5-7-15-16(12)20(25-21(23)24-11(2)3)18-14-9-8-13(10-14)17(18)19(15)22/h5-7,11,13-14,22H,4,8-10H2,1-3H3. The van der Waals surface area contributed by atoms with Gasteiger partial charge in [0.05, 0.1) is 6.10 Å². The van der Waals surface area contributed by atoms with Gasteiger partial charge in [0.2, 0.25) is 0 Å². The van der Waals surface area contributed by atoms with E-state index in [-0.39, 0.29) is 6.10 Å². The summed E-state index contributed by atoms with van der Waals surface area (Å²) in [5.74, 6) is 1.72. The lowest BCUT2D eigenvalue weighted by molar-refractivity contribution is 0.0729. The van der Waals surface area contributed by atoms with Gasteiger partial charge in [-0.05, 0) is 56.9 Å². The molecule has 1 N–H and O–H groups in total. The Morgan fingerprint density at radius 3 is 2.64 bits per heavy atom. The molecule has 0 spiro atoms.